The van der Waals surface area contributed by atoms with Gasteiger partial charge in [-0.25, -0.2) is 4.57 Å². The Kier molecular flexibility index (Phi) is 7.78. The molecule has 1 aromatic rings. The fourth-order valence-electron chi connectivity index (χ4n) is 2.03. The van der Waals surface area contributed by atoms with Crippen LogP contribution in [0.4, 0.5) is 0 Å². The zero-order valence-electron chi connectivity index (χ0n) is 14.2. The molecule has 0 fully saturated rings. The molecular weight excluding hydrogens is 299 g/mol. The van der Waals surface area contributed by atoms with E-state index in [1.165, 1.54) is 11.1 Å². The fraction of sp³-hybridized carbons (Fsp3) is 0.647. The van der Waals surface area contributed by atoms with Gasteiger partial charge in [0, 0.05) is 0 Å². The Morgan fingerprint density at radius 1 is 1.09 bits per heavy atom. The van der Waals surface area contributed by atoms with Gasteiger partial charge in [-0.05, 0) is 42.2 Å². The SMILES string of the molecule is CCCOP(=O)(O)OCCCc1ccc(C(C)(C)CC)cc1. The van der Waals surface area contributed by atoms with Gasteiger partial charge in [0.15, 0.2) is 0 Å². The molecule has 5 heteroatoms. The summed E-state index contributed by atoms with van der Waals surface area (Å²) in [6.07, 6.45) is 3.30. The minimum atomic E-state index is -3.86. The number of rotatable bonds is 10. The maximum atomic E-state index is 11.5. The van der Waals surface area contributed by atoms with E-state index in [9.17, 15) is 9.46 Å². The summed E-state index contributed by atoms with van der Waals surface area (Å²) in [5.74, 6) is 0. The van der Waals surface area contributed by atoms with Crippen LogP contribution in [0.2, 0.25) is 0 Å². The van der Waals surface area contributed by atoms with E-state index in [4.69, 9.17) is 9.05 Å². The van der Waals surface area contributed by atoms with E-state index < -0.39 is 7.82 Å². The molecule has 1 aromatic carbocycles. The molecule has 126 valence electrons. The minimum absolute atomic E-state index is 0.196. The second kappa shape index (κ2) is 8.83. The van der Waals surface area contributed by atoms with Gasteiger partial charge in [0.05, 0.1) is 13.2 Å². The number of phosphoric acid groups is 1. The van der Waals surface area contributed by atoms with Gasteiger partial charge >= 0.3 is 7.82 Å². The molecule has 1 unspecified atom stereocenters. The van der Waals surface area contributed by atoms with Crippen LogP contribution >= 0.6 is 7.82 Å². The third kappa shape index (κ3) is 6.62. The van der Waals surface area contributed by atoms with Gasteiger partial charge in [-0.3, -0.25) is 9.05 Å². The maximum absolute atomic E-state index is 11.5. The molecule has 0 saturated carbocycles. The first kappa shape index (κ1) is 19.4. The molecule has 1 atom stereocenters. The summed E-state index contributed by atoms with van der Waals surface area (Å²) in [6.45, 7) is 9.01. The normalized spacial score (nSPS) is 14.8. The average molecular weight is 328 g/mol. The molecule has 0 bridgehead atoms. The Bertz CT molecular complexity index is 482. The van der Waals surface area contributed by atoms with E-state index in [2.05, 4.69) is 45.0 Å². The molecule has 0 saturated heterocycles. The van der Waals surface area contributed by atoms with Crippen molar-refractivity contribution in [1.29, 1.82) is 0 Å². The predicted molar refractivity (Wildman–Crippen MR) is 90.1 cm³/mol. The van der Waals surface area contributed by atoms with Crippen LogP contribution in [-0.2, 0) is 25.4 Å². The maximum Gasteiger partial charge on any atom is 0.472 e. The summed E-state index contributed by atoms with van der Waals surface area (Å²) in [4.78, 5) is 9.41. The van der Waals surface area contributed by atoms with Crippen molar-refractivity contribution >= 4 is 7.82 Å². The van der Waals surface area contributed by atoms with Gasteiger partial charge < -0.3 is 4.89 Å². The number of aryl methyl sites for hydroxylation is 1. The third-order valence-corrected chi connectivity index (χ3v) is 4.96. The largest absolute Gasteiger partial charge is 0.472 e. The Morgan fingerprint density at radius 2 is 1.68 bits per heavy atom. The van der Waals surface area contributed by atoms with Crippen LogP contribution in [0, 0.1) is 0 Å². The lowest BCUT2D eigenvalue weighted by Gasteiger charge is -2.23. The minimum Gasteiger partial charge on any atom is -0.302 e. The lowest BCUT2D eigenvalue weighted by atomic mass is 9.82. The van der Waals surface area contributed by atoms with Crippen LogP contribution < -0.4 is 0 Å². The highest BCUT2D eigenvalue weighted by atomic mass is 31.2. The van der Waals surface area contributed by atoms with Crippen molar-refractivity contribution in [3.63, 3.8) is 0 Å². The number of hydrogen-bond donors (Lipinski definition) is 1. The number of benzene rings is 1. The first-order chi connectivity index (χ1) is 10.3. The lowest BCUT2D eigenvalue weighted by molar-refractivity contribution is 0.148. The predicted octanol–water partition coefficient (Wildman–Crippen LogP) is 4.85. The van der Waals surface area contributed by atoms with Crippen LogP contribution in [0.5, 0.6) is 0 Å². The number of hydrogen-bond acceptors (Lipinski definition) is 3. The Balaban J connectivity index is 2.38. The van der Waals surface area contributed by atoms with Crippen LogP contribution in [-0.4, -0.2) is 18.1 Å². The molecule has 4 nitrogen and oxygen atoms in total. The van der Waals surface area contributed by atoms with Crippen LogP contribution in [0.15, 0.2) is 24.3 Å². The highest BCUT2D eigenvalue weighted by Crippen LogP contribution is 2.43. The van der Waals surface area contributed by atoms with Crippen LogP contribution in [0.1, 0.15) is 58.1 Å². The summed E-state index contributed by atoms with van der Waals surface area (Å²) in [5, 5.41) is 0. The Morgan fingerprint density at radius 3 is 2.23 bits per heavy atom. The molecular formula is C17H29O4P. The van der Waals surface area contributed by atoms with Crippen molar-refractivity contribution in [3.05, 3.63) is 35.4 Å². The zero-order valence-corrected chi connectivity index (χ0v) is 15.1. The molecule has 22 heavy (non-hydrogen) atoms. The van der Waals surface area contributed by atoms with Crippen molar-refractivity contribution in [2.24, 2.45) is 0 Å². The summed E-state index contributed by atoms with van der Waals surface area (Å²) >= 11 is 0. The molecule has 0 aliphatic heterocycles. The van der Waals surface area contributed by atoms with Gasteiger partial charge in [0.25, 0.3) is 0 Å². The standard InChI is InChI=1S/C17H29O4P/c1-5-13-20-22(18,19)21-14-7-8-15-9-11-16(12-10-15)17(3,4)6-2/h9-12H,5-8,13-14H2,1-4H3,(H,18,19). The smallest absolute Gasteiger partial charge is 0.302 e. The summed E-state index contributed by atoms with van der Waals surface area (Å²) < 4.78 is 21.2. The lowest BCUT2D eigenvalue weighted by Crippen LogP contribution is -2.15. The summed E-state index contributed by atoms with van der Waals surface area (Å²) in [6, 6.07) is 8.58. The fourth-order valence-corrected chi connectivity index (χ4v) is 2.87. The zero-order chi connectivity index (χ0) is 16.6. The molecule has 1 rings (SSSR count). The van der Waals surface area contributed by atoms with E-state index in [1.54, 1.807) is 0 Å². The first-order valence-corrected chi connectivity index (χ1v) is 9.51. The molecule has 0 heterocycles. The topological polar surface area (TPSA) is 55.8 Å². The Hall–Kier alpha value is -0.670. The molecule has 0 aliphatic carbocycles. The number of phosphoric ester groups is 1. The van der Waals surface area contributed by atoms with Gasteiger partial charge in [-0.15, -0.1) is 0 Å². The van der Waals surface area contributed by atoms with Crippen molar-refractivity contribution in [1.82, 2.24) is 0 Å². The van der Waals surface area contributed by atoms with E-state index >= 15 is 0 Å². The van der Waals surface area contributed by atoms with Gasteiger partial charge in [-0.2, -0.15) is 0 Å². The summed E-state index contributed by atoms with van der Waals surface area (Å²) in [7, 11) is -3.86. The highest BCUT2D eigenvalue weighted by molar-refractivity contribution is 7.47. The first-order valence-electron chi connectivity index (χ1n) is 8.02. The van der Waals surface area contributed by atoms with Crippen LogP contribution in [0.25, 0.3) is 0 Å². The highest BCUT2D eigenvalue weighted by Gasteiger charge is 2.20. The quantitative estimate of drug-likeness (QED) is 0.493. The molecule has 1 N–H and O–H groups in total. The van der Waals surface area contributed by atoms with Crippen molar-refractivity contribution in [2.45, 2.75) is 58.8 Å². The average Bonchev–Trinajstić information content (AvgIpc) is 2.50. The van der Waals surface area contributed by atoms with Crippen molar-refractivity contribution in [3.8, 4) is 0 Å². The molecule has 0 amide bonds. The van der Waals surface area contributed by atoms with E-state index in [0.29, 0.717) is 12.8 Å². The monoisotopic (exact) mass is 328 g/mol. The van der Waals surface area contributed by atoms with Crippen molar-refractivity contribution < 1.29 is 18.5 Å². The van der Waals surface area contributed by atoms with E-state index in [-0.39, 0.29) is 18.6 Å². The third-order valence-electron chi connectivity index (χ3n) is 3.94. The summed E-state index contributed by atoms with van der Waals surface area (Å²) in [5.41, 5.74) is 2.74. The van der Waals surface area contributed by atoms with E-state index in [0.717, 1.165) is 12.8 Å². The van der Waals surface area contributed by atoms with Gasteiger partial charge in [-0.1, -0.05) is 52.0 Å². The molecule has 0 aliphatic rings. The molecule has 0 spiro atoms. The second-order valence-electron chi connectivity index (χ2n) is 6.17. The Labute approximate surface area is 134 Å². The molecule has 0 aromatic heterocycles. The van der Waals surface area contributed by atoms with E-state index in [1.807, 2.05) is 6.92 Å². The van der Waals surface area contributed by atoms with Gasteiger partial charge in [0.1, 0.15) is 0 Å². The molecule has 0 radical (unpaired) electrons. The van der Waals surface area contributed by atoms with Crippen molar-refractivity contribution in [2.75, 3.05) is 13.2 Å². The second-order valence-corrected chi connectivity index (χ2v) is 7.63. The van der Waals surface area contributed by atoms with Crippen LogP contribution in [0.3, 0.4) is 0 Å². The van der Waals surface area contributed by atoms with Gasteiger partial charge in [0.2, 0.25) is 0 Å².